The summed E-state index contributed by atoms with van der Waals surface area (Å²) in [6.45, 7) is 0. The molecule has 6 heteroatoms. The molecule has 0 atom stereocenters. The number of anilines is 2. The number of nitrogens with one attached hydrogen (secondary N) is 2. The maximum absolute atomic E-state index is 12.5. The Morgan fingerprint density at radius 1 is 0.923 bits per heavy atom. The van der Waals surface area contributed by atoms with Crippen molar-refractivity contribution in [2.45, 2.75) is 0 Å². The summed E-state index contributed by atoms with van der Waals surface area (Å²) in [6.07, 6.45) is -0.644. The summed E-state index contributed by atoms with van der Waals surface area (Å²) in [6, 6.07) is 20.7. The van der Waals surface area contributed by atoms with Crippen LogP contribution in [0.15, 0.2) is 72.8 Å². The lowest BCUT2D eigenvalue weighted by atomic mass is 10.1. The third kappa shape index (κ3) is 3.21. The lowest BCUT2D eigenvalue weighted by Gasteiger charge is -2.10. The predicted octanol–water partition coefficient (Wildman–Crippen LogP) is 4.66. The van der Waals surface area contributed by atoms with Crippen LogP contribution in [0, 0.1) is 0 Å². The number of carbonyl (C=O) groups excluding carboxylic acids is 2. The van der Waals surface area contributed by atoms with E-state index in [9.17, 15) is 9.59 Å². The van der Waals surface area contributed by atoms with Crippen LogP contribution in [-0.2, 0) is 0 Å². The average molecular weight is 346 g/mol. The van der Waals surface area contributed by atoms with Gasteiger partial charge in [-0.25, -0.2) is 4.79 Å². The molecule has 3 aromatic rings. The molecule has 128 valence electrons. The van der Waals surface area contributed by atoms with Gasteiger partial charge >= 0.3 is 6.09 Å². The van der Waals surface area contributed by atoms with Crippen molar-refractivity contribution < 1.29 is 19.1 Å². The molecule has 26 heavy (non-hydrogen) atoms. The molecular weight excluding hydrogens is 332 g/mol. The fourth-order valence-electron chi connectivity index (χ4n) is 2.58. The van der Waals surface area contributed by atoms with Crippen LogP contribution < -0.4 is 20.1 Å². The van der Waals surface area contributed by atoms with Crippen molar-refractivity contribution in [3.05, 3.63) is 78.4 Å². The molecule has 0 saturated heterocycles. The van der Waals surface area contributed by atoms with Gasteiger partial charge in [0.25, 0.3) is 5.91 Å². The van der Waals surface area contributed by atoms with Crippen LogP contribution in [0.25, 0.3) is 0 Å². The van der Waals surface area contributed by atoms with Crippen LogP contribution in [0.2, 0.25) is 0 Å². The Labute approximate surface area is 149 Å². The first kappa shape index (κ1) is 15.7. The molecule has 2 amide bonds. The van der Waals surface area contributed by atoms with E-state index >= 15 is 0 Å². The van der Waals surface area contributed by atoms with Crippen molar-refractivity contribution in [3.8, 4) is 17.2 Å². The van der Waals surface area contributed by atoms with Gasteiger partial charge in [0.15, 0.2) is 5.75 Å². The van der Waals surface area contributed by atoms with Crippen LogP contribution in [0.3, 0.4) is 0 Å². The molecule has 0 bridgehead atoms. The Morgan fingerprint density at radius 3 is 2.54 bits per heavy atom. The molecule has 2 N–H and O–H groups in total. The molecule has 0 radical (unpaired) electrons. The number of fused-ring (bicyclic) bond motifs is 2. The zero-order valence-corrected chi connectivity index (χ0v) is 13.6. The lowest BCUT2D eigenvalue weighted by Crippen LogP contribution is -2.17. The highest BCUT2D eigenvalue weighted by atomic mass is 16.6. The molecule has 0 saturated carbocycles. The molecule has 0 aliphatic carbocycles. The van der Waals surface area contributed by atoms with Gasteiger partial charge in [0.2, 0.25) is 0 Å². The molecule has 1 aliphatic rings. The van der Waals surface area contributed by atoms with Gasteiger partial charge in [-0.1, -0.05) is 30.3 Å². The first-order chi connectivity index (χ1) is 12.7. The van der Waals surface area contributed by atoms with Gasteiger partial charge in [-0.3, -0.25) is 10.1 Å². The molecule has 0 fully saturated rings. The van der Waals surface area contributed by atoms with Crippen molar-refractivity contribution in [3.63, 3.8) is 0 Å². The third-order valence-electron chi connectivity index (χ3n) is 3.78. The second kappa shape index (κ2) is 6.60. The highest BCUT2D eigenvalue weighted by Crippen LogP contribution is 2.36. The molecule has 0 aromatic heterocycles. The number of ether oxygens (including phenoxy) is 2. The fraction of sp³-hybridized carbons (Fsp3) is 0. The van der Waals surface area contributed by atoms with Crippen LogP contribution in [0.1, 0.15) is 10.4 Å². The zero-order chi connectivity index (χ0) is 17.9. The van der Waals surface area contributed by atoms with Gasteiger partial charge in [0, 0.05) is 5.69 Å². The fourth-order valence-corrected chi connectivity index (χ4v) is 2.58. The second-order valence-corrected chi connectivity index (χ2v) is 5.59. The topological polar surface area (TPSA) is 76.7 Å². The number of hydrogen-bond donors (Lipinski definition) is 2. The highest BCUT2D eigenvalue weighted by molar-refractivity contribution is 6.08. The Morgan fingerprint density at radius 2 is 1.69 bits per heavy atom. The molecule has 6 nitrogen and oxygen atoms in total. The summed E-state index contributed by atoms with van der Waals surface area (Å²) >= 11 is 0. The molecule has 4 rings (SSSR count). The normalized spacial score (nSPS) is 11.9. The monoisotopic (exact) mass is 346 g/mol. The van der Waals surface area contributed by atoms with E-state index in [0.717, 1.165) is 0 Å². The van der Waals surface area contributed by atoms with Crippen LogP contribution in [0.5, 0.6) is 17.2 Å². The van der Waals surface area contributed by atoms with Gasteiger partial charge in [-0.2, -0.15) is 0 Å². The number of rotatable bonds is 2. The van der Waals surface area contributed by atoms with E-state index in [4.69, 9.17) is 9.47 Å². The van der Waals surface area contributed by atoms with Crippen LogP contribution in [0.4, 0.5) is 16.2 Å². The smallest absolute Gasteiger partial charge is 0.417 e. The Bertz CT molecular complexity index is 986. The Kier molecular flexibility index (Phi) is 3.99. The largest absolute Gasteiger partial charge is 0.454 e. The Hall–Kier alpha value is -3.80. The van der Waals surface area contributed by atoms with E-state index in [1.165, 1.54) is 0 Å². The minimum atomic E-state index is -0.644. The number of para-hydroxylation sites is 3. The van der Waals surface area contributed by atoms with Gasteiger partial charge in [-0.05, 0) is 42.5 Å². The second-order valence-electron chi connectivity index (χ2n) is 5.59. The van der Waals surface area contributed by atoms with Gasteiger partial charge in [-0.15, -0.1) is 0 Å². The molecular formula is C20H14N2O4. The molecule has 0 spiro atoms. The minimum Gasteiger partial charge on any atom is -0.454 e. The zero-order valence-electron chi connectivity index (χ0n) is 13.6. The van der Waals surface area contributed by atoms with E-state index < -0.39 is 6.09 Å². The van der Waals surface area contributed by atoms with Gasteiger partial charge < -0.3 is 14.8 Å². The molecule has 3 aromatic carbocycles. The van der Waals surface area contributed by atoms with Crippen molar-refractivity contribution in [2.75, 3.05) is 10.6 Å². The maximum atomic E-state index is 12.5. The average Bonchev–Trinajstić information content (AvgIpc) is 2.78. The number of benzene rings is 3. The van der Waals surface area contributed by atoms with E-state index in [1.54, 1.807) is 54.6 Å². The first-order valence-corrected chi connectivity index (χ1v) is 7.95. The summed E-state index contributed by atoms with van der Waals surface area (Å²) in [5.74, 6) is 1.08. The third-order valence-corrected chi connectivity index (χ3v) is 3.78. The molecule has 1 heterocycles. The predicted molar refractivity (Wildman–Crippen MR) is 97.0 cm³/mol. The van der Waals surface area contributed by atoms with Gasteiger partial charge in [0.05, 0.1) is 11.3 Å². The van der Waals surface area contributed by atoms with Crippen molar-refractivity contribution in [2.24, 2.45) is 0 Å². The molecule has 1 aliphatic heterocycles. The van der Waals surface area contributed by atoms with Crippen molar-refractivity contribution >= 4 is 23.4 Å². The van der Waals surface area contributed by atoms with Gasteiger partial charge in [0.1, 0.15) is 11.5 Å². The quantitative estimate of drug-likeness (QED) is 0.708. The summed E-state index contributed by atoms with van der Waals surface area (Å²) < 4.78 is 11.0. The van der Waals surface area contributed by atoms with Crippen molar-refractivity contribution in [1.29, 1.82) is 0 Å². The first-order valence-electron chi connectivity index (χ1n) is 7.95. The number of carbonyl (C=O) groups is 2. The highest BCUT2D eigenvalue weighted by Gasteiger charge is 2.21. The SMILES string of the molecule is O=C(Nc1ccc2c(c1)C(=O)Nc1ccccc1O2)Oc1ccccc1. The summed E-state index contributed by atoms with van der Waals surface area (Å²) in [4.78, 5) is 24.5. The standard InChI is InChI=1S/C20H14N2O4/c23-19-15-12-13(21-20(24)25-14-6-2-1-3-7-14)10-11-17(15)26-18-9-5-4-8-16(18)22-19/h1-12H,(H,21,24)(H,22,23). The van der Waals surface area contributed by atoms with E-state index in [2.05, 4.69) is 10.6 Å². The molecule has 0 unspecified atom stereocenters. The van der Waals surface area contributed by atoms with Crippen LogP contribution >= 0.6 is 0 Å². The van der Waals surface area contributed by atoms with E-state index in [1.807, 2.05) is 18.2 Å². The number of amides is 2. The van der Waals surface area contributed by atoms with Crippen LogP contribution in [-0.4, -0.2) is 12.0 Å². The van der Waals surface area contributed by atoms with E-state index in [0.29, 0.717) is 34.2 Å². The lowest BCUT2D eigenvalue weighted by molar-refractivity contribution is 0.102. The Balaban J connectivity index is 1.55. The number of hydrogen-bond acceptors (Lipinski definition) is 4. The summed E-state index contributed by atoms with van der Waals surface area (Å²) in [5, 5.41) is 5.40. The van der Waals surface area contributed by atoms with E-state index in [-0.39, 0.29) is 5.91 Å². The summed E-state index contributed by atoms with van der Waals surface area (Å²) in [5.41, 5.74) is 1.33. The minimum absolute atomic E-state index is 0.315. The summed E-state index contributed by atoms with van der Waals surface area (Å²) in [7, 11) is 0. The maximum Gasteiger partial charge on any atom is 0.417 e. The van der Waals surface area contributed by atoms with Crippen molar-refractivity contribution in [1.82, 2.24) is 0 Å².